The maximum absolute atomic E-state index is 5.30. The number of hydrogen-bond donors (Lipinski definition) is 1. The normalized spacial score (nSPS) is 29.7. The molecule has 3 unspecified atom stereocenters. The van der Waals surface area contributed by atoms with Gasteiger partial charge in [-0.25, -0.2) is 0 Å². The lowest BCUT2D eigenvalue weighted by Crippen LogP contribution is -2.66. The lowest BCUT2D eigenvalue weighted by molar-refractivity contribution is 0.0129. The van der Waals surface area contributed by atoms with Crippen LogP contribution in [0, 0.1) is 5.92 Å². The summed E-state index contributed by atoms with van der Waals surface area (Å²) in [7, 11) is 1.81. The van der Waals surface area contributed by atoms with E-state index in [1.54, 1.807) is 0 Å². The molecule has 1 N–H and O–H groups in total. The van der Waals surface area contributed by atoms with Crippen LogP contribution in [-0.4, -0.2) is 49.3 Å². The van der Waals surface area contributed by atoms with Crippen molar-refractivity contribution in [2.75, 3.05) is 26.8 Å². The molecule has 1 aliphatic heterocycles. The van der Waals surface area contributed by atoms with Crippen LogP contribution in [0.1, 0.15) is 59.3 Å². The zero-order valence-electron chi connectivity index (χ0n) is 14.0. The van der Waals surface area contributed by atoms with Crippen molar-refractivity contribution in [3.8, 4) is 0 Å². The fraction of sp³-hybridized carbons (Fsp3) is 1.00. The summed E-state index contributed by atoms with van der Waals surface area (Å²) in [6.07, 6.45) is 7.97. The molecule has 20 heavy (non-hydrogen) atoms. The van der Waals surface area contributed by atoms with Gasteiger partial charge in [-0.1, -0.05) is 33.1 Å². The van der Waals surface area contributed by atoms with Gasteiger partial charge in [0.2, 0.25) is 0 Å². The molecule has 0 aromatic rings. The minimum atomic E-state index is 0.422. The van der Waals surface area contributed by atoms with Gasteiger partial charge in [0, 0.05) is 44.4 Å². The topological polar surface area (TPSA) is 24.5 Å². The monoisotopic (exact) mass is 282 g/mol. The van der Waals surface area contributed by atoms with E-state index in [1.807, 2.05) is 7.11 Å². The van der Waals surface area contributed by atoms with Crippen molar-refractivity contribution in [3.63, 3.8) is 0 Å². The number of piperazine rings is 1. The number of nitrogens with one attached hydrogen (secondary N) is 1. The van der Waals surface area contributed by atoms with E-state index >= 15 is 0 Å². The zero-order chi connectivity index (χ0) is 14.6. The first-order valence-corrected chi connectivity index (χ1v) is 8.61. The van der Waals surface area contributed by atoms with Crippen molar-refractivity contribution < 1.29 is 4.74 Å². The van der Waals surface area contributed by atoms with Gasteiger partial charge >= 0.3 is 0 Å². The first kappa shape index (κ1) is 16.3. The second-order valence-corrected chi connectivity index (χ2v) is 7.12. The minimum absolute atomic E-state index is 0.422. The van der Waals surface area contributed by atoms with Gasteiger partial charge < -0.3 is 10.1 Å². The molecule has 3 atom stereocenters. The van der Waals surface area contributed by atoms with E-state index in [2.05, 4.69) is 31.0 Å². The summed E-state index contributed by atoms with van der Waals surface area (Å²) in [4.78, 5) is 2.80. The van der Waals surface area contributed by atoms with E-state index in [-0.39, 0.29) is 0 Å². The highest BCUT2D eigenvalue weighted by molar-refractivity contribution is 5.02. The summed E-state index contributed by atoms with van der Waals surface area (Å²) in [5, 5.41) is 3.93. The molecular formula is C17H34N2O. The average Bonchev–Trinajstić information content (AvgIpc) is 2.92. The molecule has 0 aromatic heterocycles. The Hall–Kier alpha value is -0.120. The smallest absolute Gasteiger partial charge is 0.0477 e. The van der Waals surface area contributed by atoms with E-state index in [1.165, 1.54) is 45.2 Å². The summed E-state index contributed by atoms with van der Waals surface area (Å²) in [6, 6.07) is 1.33. The lowest BCUT2D eigenvalue weighted by atomic mass is 9.86. The van der Waals surface area contributed by atoms with E-state index in [0.29, 0.717) is 17.6 Å². The molecule has 0 aromatic carbocycles. The highest BCUT2D eigenvalue weighted by atomic mass is 16.5. The van der Waals surface area contributed by atoms with Crippen molar-refractivity contribution >= 4 is 0 Å². The molecule has 1 aliphatic carbocycles. The van der Waals surface area contributed by atoms with Crippen molar-refractivity contribution in [1.82, 2.24) is 10.2 Å². The Kier molecular flexibility index (Phi) is 5.88. The molecule has 0 amide bonds. The van der Waals surface area contributed by atoms with E-state index in [9.17, 15) is 0 Å². The molecule has 1 spiro atoms. The van der Waals surface area contributed by atoms with Crippen molar-refractivity contribution in [3.05, 3.63) is 0 Å². The minimum Gasteiger partial charge on any atom is -0.385 e. The summed E-state index contributed by atoms with van der Waals surface area (Å²) >= 11 is 0. The Morgan fingerprint density at radius 1 is 1.30 bits per heavy atom. The second kappa shape index (κ2) is 7.24. The predicted molar refractivity (Wildman–Crippen MR) is 85.1 cm³/mol. The van der Waals surface area contributed by atoms with E-state index in [0.717, 1.165) is 18.9 Å². The summed E-state index contributed by atoms with van der Waals surface area (Å²) < 4.78 is 5.30. The summed E-state index contributed by atoms with van der Waals surface area (Å²) in [5.41, 5.74) is 0.422. The van der Waals surface area contributed by atoms with Crippen LogP contribution >= 0.6 is 0 Å². The number of ether oxygens (including phenoxy) is 1. The Balaban J connectivity index is 2.05. The maximum Gasteiger partial charge on any atom is 0.0477 e. The van der Waals surface area contributed by atoms with Gasteiger partial charge in [-0.2, -0.15) is 0 Å². The van der Waals surface area contributed by atoms with Gasteiger partial charge in [0.15, 0.2) is 0 Å². The van der Waals surface area contributed by atoms with E-state index in [4.69, 9.17) is 4.74 Å². The molecule has 1 saturated carbocycles. The molecule has 2 fully saturated rings. The van der Waals surface area contributed by atoms with Crippen LogP contribution in [0.15, 0.2) is 0 Å². The van der Waals surface area contributed by atoms with Gasteiger partial charge in [-0.15, -0.1) is 0 Å². The number of rotatable bonds is 6. The molecule has 2 rings (SSSR count). The van der Waals surface area contributed by atoms with Crippen LogP contribution in [0.25, 0.3) is 0 Å². The maximum atomic E-state index is 5.30. The molecule has 0 bridgehead atoms. The molecule has 3 heteroatoms. The van der Waals surface area contributed by atoms with Gasteiger partial charge in [0.25, 0.3) is 0 Å². The average molecular weight is 282 g/mol. The van der Waals surface area contributed by atoms with Gasteiger partial charge in [0.05, 0.1) is 0 Å². The highest BCUT2D eigenvalue weighted by Crippen LogP contribution is 2.35. The fourth-order valence-electron chi connectivity index (χ4n) is 4.08. The quantitative estimate of drug-likeness (QED) is 0.810. The van der Waals surface area contributed by atoms with E-state index < -0.39 is 0 Å². The number of methoxy groups -OCH3 is 1. The van der Waals surface area contributed by atoms with Crippen LogP contribution < -0.4 is 5.32 Å². The van der Waals surface area contributed by atoms with Crippen LogP contribution in [0.3, 0.4) is 0 Å². The van der Waals surface area contributed by atoms with Crippen molar-refractivity contribution in [2.24, 2.45) is 5.92 Å². The van der Waals surface area contributed by atoms with Crippen LogP contribution in [0.5, 0.6) is 0 Å². The third-order valence-corrected chi connectivity index (χ3v) is 5.76. The largest absolute Gasteiger partial charge is 0.385 e. The van der Waals surface area contributed by atoms with Crippen molar-refractivity contribution in [1.29, 1.82) is 0 Å². The van der Waals surface area contributed by atoms with Gasteiger partial charge in [-0.3, -0.25) is 4.90 Å². The summed E-state index contributed by atoms with van der Waals surface area (Å²) in [5.74, 6) is 0.770. The number of nitrogens with zero attached hydrogens (tertiary/aromatic N) is 1. The molecule has 0 radical (unpaired) electrons. The first-order valence-electron chi connectivity index (χ1n) is 8.61. The molecule has 2 aliphatic rings. The Bertz CT molecular complexity index is 289. The molecule has 1 heterocycles. The molecular weight excluding hydrogens is 248 g/mol. The van der Waals surface area contributed by atoms with Gasteiger partial charge in [0.1, 0.15) is 0 Å². The van der Waals surface area contributed by atoms with Crippen LogP contribution in [-0.2, 0) is 4.74 Å². The zero-order valence-corrected chi connectivity index (χ0v) is 14.0. The third-order valence-electron chi connectivity index (χ3n) is 5.76. The Morgan fingerprint density at radius 2 is 2.00 bits per heavy atom. The first-order chi connectivity index (χ1) is 9.62. The Morgan fingerprint density at radius 3 is 2.60 bits per heavy atom. The third kappa shape index (κ3) is 3.55. The van der Waals surface area contributed by atoms with Crippen LogP contribution in [0.4, 0.5) is 0 Å². The van der Waals surface area contributed by atoms with Crippen molar-refractivity contribution in [2.45, 2.75) is 76.9 Å². The predicted octanol–water partition coefficient (Wildman–Crippen LogP) is 3.04. The highest BCUT2D eigenvalue weighted by Gasteiger charge is 2.43. The molecule has 3 nitrogen and oxygen atoms in total. The van der Waals surface area contributed by atoms with Gasteiger partial charge in [-0.05, 0) is 32.1 Å². The SMILES string of the molecule is CCC(C)C1CNC2(CCCC2)CN1C(C)CCOC. The standard InChI is InChI=1S/C17H34N2O/c1-5-14(2)16-12-18-17(9-6-7-10-17)13-19(16)15(3)8-11-20-4/h14-16,18H,5-13H2,1-4H3. The second-order valence-electron chi connectivity index (χ2n) is 7.12. The Labute approximate surface area is 125 Å². The fourth-order valence-corrected chi connectivity index (χ4v) is 4.08. The summed E-state index contributed by atoms with van der Waals surface area (Å²) in [6.45, 7) is 10.4. The number of hydrogen-bond acceptors (Lipinski definition) is 3. The lowest BCUT2D eigenvalue weighted by Gasteiger charge is -2.50. The molecule has 118 valence electrons. The van der Waals surface area contributed by atoms with Crippen LogP contribution in [0.2, 0.25) is 0 Å². The molecule has 1 saturated heterocycles.